The van der Waals surface area contributed by atoms with E-state index in [4.69, 9.17) is 11.6 Å². The van der Waals surface area contributed by atoms with Crippen molar-refractivity contribution in [1.29, 1.82) is 0 Å². The van der Waals surface area contributed by atoms with Crippen LogP contribution in [-0.2, 0) is 25.4 Å². The number of hydrogen-bond acceptors (Lipinski definition) is 7. The molecule has 0 bridgehead atoms. The van der Waals surface area contributed by atoms with Crippen molar-refractivity contribution in [3.05, 3.63) is 70.4 Å². The Kier molecular flexibility index (Phi) is 8.71. The number of anilines is 2. The van der Waals surface area contributed by atoms with Gasteiger partial charge in [-0.1, -0.05) is 23.7 Å². The minimum absolute atomic E-state index is 0.0448. The molecule has 41 heavy (non-hydrogen) atoms. The summed E-state index contributed by atoms with van der Waals surface area (Å²) < 4.78 is 38.9. The SMILES string of the molecule is CN(C)C(CC(=O)Nc1ccc(C(F)(F)F)c(Cl)c1)c1cccc(NC2=CC(=O)N(C3CCC(=O)NC3=O)C2O)c1. The molecule has 4 amide bonds. The van der Waals surface area contributed by atoms with Crippen LogP contribution in [0.2, 0.25) is 5.02 Å². The molecule has 2 aliphatic rings. The third-order valence-electron chi connectivity index (χ3n) is 6.74. The zero-order valence-electron chi connectivity index (χ0n) is 22.0. The van der Waals surface area contributed by atoms with E-state index in [-0.39, 0.29) is 30.6 Å². The van der Waals surface area contributed by atoms with Crippen molar-refractivity contribution >= 4 is 46.6 Å². The van der Waals surface area contributed by atoms with Gasteiger partial charge in [0.05, 0.1) is 16.3 Å². The molecular weight excluding hydrogens is 567 g/mol. The number of rotatable bonds is 8. The van der Waals surface area contributed by atoms with Crippen LogP contribution in [0.5, 0.6) is 0 Å². The minimum atomic E-state index is -4.62. The second-order valence-electron chi connectivity index (χ2n) is 9.86. The maximum atomic E-state index is 13.0. The van der Waals surface area contributed by atoms with Gasteiger partial charge in [0.2, 0.25) is 17.7 Å². The molecule has 2 aromatic carbocycles. The summed E-state index contributed by atoms with van der Waals surface area (Å²) in [5.41, 5.74) is 0.440. The average molecular weight is 594 g/mol. The monoisotopic (exact) mass is 593 g/mol. The molecule has 2 heterocycles. The number of carbonyl (C=O) groups excluding carboxylic acids is 4. The summed E-state index contributed by atoms with van der Waals surface area (Å²) in [5.74, 6) is -2.15. The van der Waals surface area contributed by atoms with E-state index >= 15 is 0 Å². The van der Waals surface area contributed by atoms with Gasteiger partial charge in [0.1, 0.15) is 6.04 Å². The fraction of sp³-hybridized carbons (Fsp3) is 0.333. The summed E-state index contributed by atoms with van der Waals surface area (Å²) in [4.78, 5) is 51.9. The normalized spacial score (nSPS) is 20.1. The van der Waals surface area contributed by atoms with Gasteiger partial charge >= 0.3 is 6.18 Å². The molecule has 10 nitrogen and oxygen atoms in total. The van der Waals surface area contributed by atoms with E-state index in [1.54, 1.807) is 43.3 Å². The van der Waals surface area contributed by atoms with Gasteiger partial charge in [-0.3, -0.25) is 29.4 Å². The van der Waals surface area contributed by atoms with Crippen molar-refractivity contribution in [2.45, 2.75) is 43.8 Å². The van der Waals surface area contributed by atoms with E-state index in [1.165, 1.54) is 6.08 Å². The first kappa shape index (κ1) is 30.0. The fourth-order valence-electron chi connectivity index (χ4n) is 4.72. The standard InChI is InChI=1S/C27H27ClF3N5O5/c1-35(2)21(13-23(38)33-16-6-7-17(18(28)11-16)27(29,30)31)14-4-3-5-15(10-14)32-19-12-24(39)36(26(19)41)20-8-9-22(37)34-25(20)40/h3-7,10-12,20-21,26,32,41H,8-9,13H2,1-2H3,(H,33,38)(H,34,37,40). The van der Waals surface area contributed by atoms with E-state index < -0.39 is 58.7 Å². The molecule has 3 atom stereocenters. The van der Waals surface area contributed by atoms with Crippen LogP contribution in [0.15, 0.2) is 54.2 Å². The molecule has 1 saturated heterocycles. The van der Waals surface area contributed by atoms with Crippen LogP contribution in [0.3, 0.4) is 0 Å². The van der Waals surface area contributed by atoms with Crippen molar-refractivity contribution in [2.24, 2.45) is 0 Å². The number of carbonyl (C=O) groups is 4. The zero-order chi connectivity index (χ0) is 30.1. The van der Waals surface area contributed by atoms with Gasteiger partial charge in [0.25, 0.3) is 5.91 Å². The number of hydrogen-bond donors (Lipinski definition) is 4. The van der Waals surface area contributed by atoms with Gasteiger partial charge in [-0.05, 0) is 56.4 Å². The van der Waals surface area contributed by atoms with Crippen LogP contribution in [0.25, 0.3) is 0 Å². The lowest BCUT2D eigenvalue weighted by atomic mass is 10.0. The fourth-order valence-corrected chi connectivity index (χ4v) is 5.01. The third kappa shape index (κ3) is 6.87. The average Bonchev–Trinajstić information content (AvgIpc) is 3.14. The number of nitrogens with one attached hydrogen (secondary N) is 3. The highest BCUT2D eigenvalue weighted by atomic mass is 35.5. The second kappa shape index (κ2) is 11.9. The van der Waals surface area contributed by atoms with Crippen LogP contribution in [0.1, 0.15) is 36.4 Å². The highest BCUT2D eigenvalue weighted by Gasteiger charge is 2.42. The molecule has 2 aromatic rings. The Morgan fingerprint density at radius 1 is 1.17 bits per heavy atom. The molecule has 0 spiro atoms. The molecule has 0 aromatic heterocycles. The van der Waals surface area contributed by atoms with Gasteiger partial charge in [-0.2, -0.15) is 13.2 Å². The largest absolute Gasteiger partial charge is 0.417 e. The van der Waals surface area contributed by atoms with Crippen LogP contribution < -0.4 is 16.0 Å². The van der Waals surface area contributed by atoms with E-state index in [0.717, 1.165) is 23.1 Å². The molecule has 14 heteroatoms. The lowest BCUT2D eigenvalue weighted by Crippen LogP contribution is -2.55. The minimum Gasteiger partial charge on any atom is -0.368 e. The van der Waals surface area contributed by atoms with Crippen molar-refractivity contribution in [3.8, 4) is 0 Å². The second-order valence-corrected chi connectivity index (χ2v) is 10.3. The van der Waals surface area contributed by atoms with E-state index in [9.17, 15) is 37.5 Å². The summed E-state index contributed by atoms with van der Waals surface area (Å²) in [6, 6.07) is 8.42. The molecule has 3 unspecified atom stereocenters. The number of nitrogens with zero attached hydrogens (tertiary/aromatic N) is 2. The number of piperidine rings is 1. The highest BCUT2D eigenvalue weighted by Crippen LogP contribution is 2.36. The number of aliphatic hydroxyl groups is 1. The summed E-state index contributed by atoms with van der Waals surface area (Å²) >= 11 is 5.76. The van der Waals surface area contributed by atoms with Crippen molar-refractivity contribution < 1.29 is 37.5 Å². The lowest BCUT2D eigenvalue weighted by molar-refractivity contribution is -0.148. The third-order valence-corrected chi connectivity index (χ3v) is 7.05. The summed E-state index contributed by atoms with van der Waals surface area (Å²) in [5, 5.41) is 18.0. The van der Waals surface area contributed by atoms with Gasteiger partial charge in [0, 0.05) is 36.3 Å². The molecule has 218 valence electrons. The van der Waals surface area contributed by atoms with Gasteiger partial charge < -0.3 is 20.6 Å². The predicted octanol–water partition coefficient (Wildman–Crippen LogP) is 3.25. The lowest BCUT2D eigenvalue weighted by Gasteiger charge is -2.32. The quantitative estimate of drug-likeness (QED) is 0.346. The number of benzene rings is 2. The number of imide groups is 1. The van der Waals surface area contributed by atoms with Crippen molar-refractivity contribution in [2.75, 3.05) is 24.7 Å². The van der Waals surface area contributed by atoms with Gasteiger partial charge in [-0.25, -0.2) is 0 Å². The molecule has 4 N–H and O–H groups in total. The predicted molar refractivity (Wildman–Crippen MR) is 143 cm³/mol. The molecule has 0 aliphatic carbocycles. The maximum absolute atomic E-state index is 13.0. The van der Waals surface area contributed by atoms with Crippen molar-refractivity contribution in [3.63, 3.8) is 0 Å². The number of halogens is 4. The van der Waals surface area contributed by atoms with Gasteiger partial charge in [0.15, 0.2) is 6.23 Å². The number of aliphatic hydroxyl groups excluding tert-OH is 1. The molecule has 0 saturated carbocycles. The molecule has 1 fully saturated rings. The Bertz CT molecular complexity index is 1410. The van der Waals surface area contributed by atoms with E-state index in [0.29, 0.717) is 11.3 Å². The first-order chi connectivity index (χ1) is 19.2. The van der Waals surface area contributed by atoms with Crippen LogP contribution in [0, 0.1) is 0 Å². The Morgan fingerprint density at radius 3 is 2.54 bits per heavy atom. The van der Waals surface area contributed by atoms with Gasteiger partial charge in [-0.15, -0.1) is 0 Å². The first-order valence-corrected chi connectivity index (χ1v) is 12.9. The van der Waals surface area contributed by atoms with Crippen LogP contribution in [0.4, 0.5) is 24.5 Å². The molecule has 0 radical (unpaired) electrons. The van der Waals surface area contributed by atoms with Crippen LogP contribution in [-0.4, -0.2) is 64.9 Å². The maximum Gasteiger partial charge on any atom is 0.417 e. The molecular formula is C27H27ClF3N5O5. The molecule has 2 aliphatic heterocycles. The summed E-state index contributed by atoms with van der Waals surface area (Å²) in [6.07, 6.45) is -4.80. The molecule has 4 rings (SSSR count). The highest BCUT2D eigenvalue weighted by molar-refractivity contribution is 6.31. The van der Waals surface area contributed by atoms with E-state index in [1.807, 2.05) is 0 Å². The Labute approximate surface area is 238 Å². The number of amides is 4. The Hall–Kier alpha value is -3.94. The smallest absolute Gasteiger partial charge is 0.368 e. The first-order valence-electron chi connectivity index (χ1n) is 12.5. The van der Waals surface area contributed by atoms with Crippen molar-refractivity contribution in [1.82, 2.24) is 15.1 Å². The van der Waals surface area contributed by atoms with Crippen LogP contribution >= 0.6 is 11.6 Å². The number of alkyl halides is 3. The summed E-state index contributed by atoms with van der Waals surface area (Å²) in [7, 11) is 3.51. The Morgan fingerprint density at radius 2 is 1.90 bits per heavy atom. The topological polar surface area (TPSA) is 131 Å². The van der Waals surface area contributed by atoms with E-state index in [2.05, 4.69) is 16.0 Å². The zero-order valence-corrected chi connectivity index (χ0v) is 22.7. The Balaban J connectivity index is 1.44. The summed E-state index contributed by atoms with van der Waals surface area (Å²) in [6.45, 7) is 0.